The SMILES string of the molecule is COCCNC(=O)NCc1ccc(OC(C)C)nc1. The molecule has 1 rings (SSSR count). The molecule has 1 aromatic heterocycles. The minimum Gasteiger partial charge on any atom is -0.475 e. The minimum atomic E-state index is -0.223. The number of nitrogens with one attached hydrogen (secondary N) is 2. The minimum absolute atomic E-state index is 0.100. The zero-order valence-electron chi connectivity index (χ0n) is 11.6. The lowest BCUT2D eigenvalue weighted by Crippen LogP contribution is -2.36. The van der Waals surface area contributed by atoms with Crippen molar-refractivity contribution in [2.24, 2.45) is 0 Å². The molecule has 0 saturated heterocycles. The van der Waals surface area contributed by atoms with Gasteiger partial charge in [-0.3, -0.25) is 0 Å². The van der Waals surface area contributed by atoms with Crippen molar-refractivity contribution in [2.45, 2.75) is 26.5 Å². The van der Waals surface area contributed by atoms with Crippen LogP contribution in [0.25, 0.3) is 0 Å². The predicted octanol–water partition coefficient (Wildman–Crippen LogP) is 1.31. The van der Waals surface area contributed by atoms with E-state index in [9.17, 15) is 4.79 Å². The van der Waals surface area contributed by atoms with E-state index in [-0.39, 0.29) is 12.1 Å². The summed E-state index contributed by atoms with van der Waals surface area (Å²) < 4.78 is 10.3. The Morgan fingerprint density at radius 3 is 2.74 bits per heavy atom. The summed E-state index contributed by atoms with van der Waals surface area (Å²) >= 11 is 0. The van der Waals surface area contributed by atoms with Crippen molar-refractivity contribution in [2.75, 3.05) is 20.3 Å². The molecule has 0 aromatic carbocycles. The van der Waals surface area contributed by atoms with Gasteiger partial charge < -0.3 is 20.1 Å². The van der Waals surface area contributed by atoms with Gasteiger partial charge in [-0.25, -0.2) is 9.78 Å². The molecule has 0 radical (unpaired) electrons. The number of aromatic nitrogens is 1. The topological polar surface area (TPSA) is 72.5 Å². The third kappa shape index (κ3) is 6.61. The van der Waals surface area contributed by atoms with E-state index in [0.717, 1.165) is 5.56 Å². The quantitative estimate of drug-likeness (QED) is 0.731. The number of nitrogens with zero attached hydrogens (tertiary/aromatic N) is 1. The maximum absolute atomic E-state index is 11.4. The van der Waals surface area contributed by atoms with Gasteiger partial charge in [-0.15, -0.1) is 0 Å². The molecule has 0 aliphatic carbocycles. The molecule has 2 N–H and O–H groups in total. The Kier molecular flexibility index (Phi) is 6.67. The van der Waals surface area contributed by atoms with Gasteiger partial charge in [0.2, 0.25) is 5.88 Å². The molecule has 0 unspecified atom stereocenters. The Labute approximate surface area is 113 Å². The van der Waals surface area contributed by atoms with E-state index in [4.69, 9.17) is 9.47 Å². The van der Waals surface area contributed by atoms with Crippen molar-refractivity contribution in [3.8, 4) is 5.88 Å². The zero-order chi connectivity index (χ0) is 14.1. The molecular weight excluding hydrogens is 246 g/mol. The smallest absolute Gasteiger partial charge is 0.315 e. The summed E-state index contributed by atoms with van der Waals surface area (Å²) in [5, 5.41) is 5.40. The lowest BCUT2D eigenvalue weighted by Gasteiger charge is -2.09. The molecule has 0 saturated carbocycles. The van der Waals surface area contributed by atoms with E-state index < -0.39 is 0 Å². The second-order valence-electron chi connectivity index (χ2n) is 4.27. The van der Waals surface area contributed by atoms with Gasteiger partial charge in [-0.05, 0) is 19.4 Å². The molecular formula is C13H21N3O3. The second kappa shape index (κ2) is 8.31. The number of hydrogen-bond acceptors (Lipinski definition) is 4. The molecule has 0 aliphatic heterocycles. The van der Waals surface area contributed by atoms with Crippen molar-refractivity contribution >= 4 is 6.03 Å². The van der Waals surface area contributed by atoms with Crippen LogP contribution >= 0.6 is 0 Å². The normalized spacial score (nSPS) is 10.3. The van der Waals surface area contributed by atoms with E-state index in [0.29, 0.717) is 25.6 Å². The molecule has 0 bridgehead atoms. The molecule has 1 heterocycles. The summed E-state index contributed by atoms with van der Waals surface area (Å²) in [6.07, 6.45) is 1.79. The molecule has 0 fully saturated rings. The fraction of sp³-hybridized carbons (Fsp3) is 0.538. The highest BCUT2D eigenvalue weighted by atomic mass is 16.5. The van der Waals surface area contributed by atoms with Crippen LogP contribution in [-0.4, -0.2) is 37.4 Å². The summed E-state index contributed by atoms with van der Waals surface area (Å²) in [5.74, 6) is 0.586. The van der Waals surface area contributed by atoms with Crippen molar-refractivity contribution in [3.63, 3.8) is 0 Å². The summed E-state index contributed by atoms with van der Waals surface area (Å²) in [4.78, 5) is 15.5. The number of carbonyl (C=O) groups excluding carboxylic acids is 1. The van der Waals surface area contributed by atoms with Crippen molar-refractivity contribution in [3.05, 3.63) is 23.9 Å². The highest BCUT2D eigenvalue weighted by Gasteiger charge is 2.02. The van der Waals surface area contributed by atoms with Crippen LogP contribution in [0.2, 0.25) is 0 Å². The largest absolute Gasteiger partial charge is 0.475 e. The van der Waals surface area contributed by atoms with Crippen LogP contribution in [-0.2, 0) is 11.3 Å². The van der Waals surface area contributed by atoms with Gasteiger partial charge in [0.1, 0.15) is 0 Å². The predicted molar refractivity (Wildman–Crippen MR) is 72.1 cm³/mol. The Morgan fingerprint density at radius 1 is 1.37 bits per heavy atom. The average molecular weight is 267 g/mol. The van der Waals surface area contributed by atoms with Crippen molar-refractivity contribution < 1.29 is 14.3 Å². The highest BCUT2D eigenvalue weighted by Crippen LogP contribution is 2.09. The van der Waals surface area contributed by atoms with Crippen LogP contribution in [0.1, 0.15) is 19.4 Å². The standard InChI is InChI=1S/C13H21N3O3/c1-10(2)19-12-5-4-11(8-15-12)9-16-13(17)14-6-7-18-3/h4-5,8,10H,6-7,9H2,1-3H3,(H2,14,16,17). The zero-order valence-corrected chi connectivity index (χ0v) is 11.6. The molecule has 6 nitrogen and oxygen atoms in total. The maximum Gasteiger partial charge on any atom is 0.315 e. The van der Waals surface area contributed by atoms with Gasteiger partial charge >= 0.3 is 6.03 Å². The lowest BCUT2D eigenvalue weighted by atomic mass is 10.3. The van der Waals surface area contributed by atoms with Gasteiger partial charge in [0.25, 0.3) is 0 Å². The van der Waals surface area contributed by atoms with Gasteiger partial charge in [0, 0.05) is 32.5 Å². The van der Waals surface area contributed by atoms with E-state index >= 15 is 0 Å². The van der Waals surface area contributed by atoms with Crippen LogP contribution in [0.15, 0.2) is 18.3 Å². The summed E-state index contributed by atoms with van der Waals surface area (Å²) in [6, 6.07) is 3.44. The second-order valence-corrected chi connectivity index (χ2v) is 4.27. The van der Waals surface area contributed by atoms with Crippen LogP contribution in [0.4, 0.5) is 4.79 Å². The average Bonchev–Trinajstić information content (AvgIpc) is 2.37. The van der Waals surface area contributed by atoms with E-state index in [1.54, 1.807) is 19.4 Å². The van der Waals surface area contributed by atoms with Gasteiger partial charge in [-0.1, -0.05) is 6.07 Å². The third-order valence-corrected chi connectivity index (χ3v) is 2.20. The molecule has 0 atom stereocenters. The van der Waals surface area contributed by atoms with Crippen molar-refractivity contribution in [1.29, 1.82) is 0 Å². The first kappa shape index (κ1) is 15.2. The molecule has 0 spiro atoms. The fourth-order valence-corrected chi connectivity index (χ4v) is 1.34. The Hall–Kier alpha value is -1.82. The number of carbonyl (C=O) groups is 1. The molecule has 2 amide bonds. The monoisotopic (exact) mass is 267 g/mol. The first-order valence-electron chi connectivity index (χ1n) is 6.24. The Morgan fingerprint density at radius 2 is 2.16 bits per heavy atom. The van der Waals surface area contributed by atoms with Gasteiger partial charge in [0.05, 0.1) is 12.7 Å². The Balaban J connectivity index is 2.31. The first-order valence-corrected chi connectivity index (χ1v) is 6.24. The number of urea groups is 1. The highest BCUT2D eigenvalue weighted by molar-refractivity contribution is 5.73. The number of methoxy groups -OCH3 is 1. The van der Waals surface area contributed by atoms with Crippen LogP contribution in [0, 0.1) is 0 Å². The fourth-order valence-electron chi connectivity index (χ4n) is 1.34. The molecule has 1 aromatic rings. The number of hydrogen-bond donors (Lipinski definition) is 2. The number of pyridine rings is 1. The molecule has 19 heavy (non-hydrogen) atoms. The van der Waals surface area contributed by atoms with Gasteiger partial charge in [-0.2, -0.15) is 0 Å². The van der Waals surface area contributed by atoms with Gasteiger partial charge in [0.15, 0.2) is 0 Å². The van der Waals surface area contributed by atoms with E-state index in [1.165, 1.54) is 0 Å². The molecule has 106 valence electrons. The molecule has 6 heteroatoms. The lowest BCUT2D eigenvalue weighted by molar-refractivity contribution is 0.196. The number of ether oxygens (including phenoxy) is 2. The van der Waals surface area contributed by atoms with Crippen molar-refractivity contribution in [1.82, 2.24) is 15.6 Å². The van der Waals surface area contributed by atoms with E-state index in [2.05, 4.69) is 15.6 Å². The number of rotatable bonds is 7. The van der Waals surface area contributed by atoms with Crippen LogP contribution in [0.5, 0.6) is 5.88 Å². The number of amides is 2. The summed E-state index contributed by atoms with van der Waals surface area (Å²) in [7, 11) is 1.59. The maximum atomic E-state index is 11.4. The Bertz CT molecular complexity index is 379. The summed E-state index contributed by atoms with van der Waals surface area (Å²) in [5.41, 5.74) is 0.915. The summed E-state index contributed by atoms with van der Waals surface area (Å²) in [6.45, 7) is 5.30. The van der Waals surface area contributed by atoms with Crippen LogP contribution < -0.4 is 15.4 Å². The van der Waals surface area contributed by atoms with Crippen LogP contribution in [0.3, 0.4) is 0 Å². The van der Waals surface area contributed by atoms with E-state index in [1.807, 2.05) is 19.9 Å². The third-order valence-electron chi connectivity index (χ3n) is 2.20. The first-order chi connectivity index (χ1) is 9.11. The molecule has 0 aliphatic rings.